The van der Waals surface area contributed by atoms with Crippen molar-refractivity contribution in [3.63, 3.8) is 0 Å². The van der Waals surface area contributed by atoms with Crippen molar-refractivity contribution in [3.8, 4) is 0 Å². The molecule has 30 heavy (non-hydrogen) atoms. The minimum absolute atomic E-state index is 0.0426. The maximum atomic E-state index is 12.7. The number of H-pyrrole nitrogens is 1. The van der Waals surface area contributed by atoms with Crippen LogP contribution in [-0.4, -0.2) is 55.2 Å². The Morgan fingerprint density at radius 1 is 1.27 bits per heavy atom. The van der Waals surface area contributed by atoms with Crippen molar-refractivity contribution in [2.75, 3.05) is 18.8 Å². The fourth-order valence-electron chi connectivity index (χ4n) is 3.52. The summed E-state index contributed by atoms with van der Waals surface area (Å²) in [5, 5.41) is 9.26. The molecule has 0 saturated carbocycles. The first-order valence-corrected chi connectivity index (χ1v) is 11.1. The number of carbonyl (C=O) groups is 2. The number of rotatable bonds is 8. The quantitative estimate of drug-likeness (QED) is 0.436. The second kappa shape index (κ2) is 8.91. The summed E-state index contributed by atoms with van der Waals surface area (Å²) < 4.78 is 7.45. The molecule has 0 aliphatic carbocycles. The lowest BCUT2D eigenvalue weighted by molar-refractivity contribution is 0.0787. The first-order chi connectivity index (χ1) is 14.5. The van der Waals surface area contributed by atoms with Crippen LogP contribution in [0.3, 0.4) is 0 Å². The number of aromatic amines is 1. The molecule has 3 aromatic rings. The van der Waals surface area contributed by atoms with E-state index in [1.165, 1.54) is 11.8 Å². The van der Waals surface area contributed by atoms with E-state index in [1.54, 1.807) is 18.5 Å². The molecule has 158 valence electrons. The number of likely N-dealkylation sites (tertiary alicyclic amines) is 1. The van der Waals surface area contributed by atoms with Crippen molar-refractivity contribution in [1.29, 1.82) is 0 Å². The van der Waals surface area contributed by atoms with E-state index < -0.39 is 0 Å². The van der Waals surface area contributed by atoms with Crippen LogP contribution < -0.4 is 0 Å². The van der Waals surface area contributed by atoms with Crippen molar-refractivity contribution in [2.45, 2.75) is 44.3 Å². The number of nitrogens with one attached hydrogen (secondary N) is 1. The third-order valence-corrected chi connectivity index (χ3v) is 6.08. The second-order valence-electron chi connectivity index (χ2n) is 7.67. The fraction of sp³-hybridized carbons (Fsp3) is 0.429. The van der Waals surface area contributed by atoms with Crippen LogP contribution in [-0.2, 0) is 6.54 Å². The lowest BCUT2D eigenvalue weighted by Crippen LogP contribution is -2.27. The molecule has 4 heterocycles. The van der Waals surface area contributed by atoms with Crippen LogP contribution in [0.2, 0.25) is 0 Å². The Kier molecular flexibility index (Phi) is 6.08. The topological polar surface area (TPSA) is 97.0 Å². The predicted octanol–water partition coefficient (Wildman–Crippen LogP) is 3.58. The number of hydrogen-bond donors (Lipinski definition) is 1. The highest BCUT2D eigenvalue weighted by molar-refractivity contribution is 7.99. The molecule has 1 fully saturated rings. The van der Waals surface area contributed by atoms with E-state index in [0.29, 0.717) is 23.0 Å². The molecule has 0 radical (unpaired) electrons. The summed E-state index contributed by atoms with van der Waals surface area (Å²) in [6, 6.07) is 5.40. The van der Waals surface area contributed by atoms with E-state index in [9.17, 15) is 9.59 Å². The molecule has 4 rings (SSSR count). The van der Waals surface area contributed by atoms with Gasteiger partial charge in [0.05, 0.1) is 18.6 Å². The van der Waals surface area contributed by atoms with Gasteiger partial charge in [-0.25, -0.2) is 0 Å². The SMILES string of the molecule is CC(C)c1nnc(SCC(=O)c2c[nH]c(C(=O)N3CCCC3)c2)n1Cc1ccco1. The van der Waals surface area contributed by atoms with E-state index >= 15 is 0 Å². The Labute approximate surface area is 179 Å². The fourth-order valence-corrected chi connectivity index (χ4v) is 4.36. The maximum absolute atomic E-state index is 12.7. The molecule has 0 atom stereocenters. The molecule has 1 aliphatic rings. The molecule has 3 aromatic heterocycles. The summed E-state index contributed by atoms with van der Waals surface area (Å²) in [5.41, 5.74) is 0.972. The van der Waals surface area contributed by atoms with Gasteiger partial charge in [0.25, 0.3) is 5.91 Å². The molecule has 1 saturated heterocycles. The molecule has 1 amide bonds. The van der Waals surface area contributed by atoms with Gasteiger partial charge in [0.15, 0.2) is 10.9 Å². The van der Waals surface area contributed by atoms with Crippen LogP contribution in [0.4, 0.5) is 0 Å². The smallest absolute Gasteiger partial charge is 0.270 e. The normalized spacial score (nSPS) is 14.0. The Bertz CT molecular complexity index is 1020. The summed E-state index contributed by atoms with van der Waals surface area (Å²) in [6.45, 7) is 6.19. The molecule has 1 N–H and O–H groups in total. The minimum Gasteiger partial charge on any atom is -0.467 e. The first-order valence-electron chi connectivity index (χ1n) is 10.1. The van der Waals surface area contributed by atoms with Crippen LogP contribution >= 0.6 is 11.8 Å². The average Bonchev–Trinajstić information content (AvgIpc) is 3.54. The zero-order chi connectivity index (χ0) is 21.1. The molecule has 0 aromatic carbocycles. The Balaban J connectivity index is 1.43. The highest BCUT2D eigenvalue weighted by atomic mass is 32.2. The average molecular weight is 428 g/mol. The number of furan rings is 1. The zero-order valence-electron chi connectivity index (χ0n) is 17.1. The number of aromatic nitrogens is 4. The standard InChI is InChI=1S/C21H25N5O3S/c1-14(2)19-23-24-21(26(19)12-16-6-5-9-29-16)30-13-18(27)15-10-17(22-11-15)20(28)25-7-3-4-8-25/h5-6,9-11,14,22H,3-4,7-8,12-13H2,1-2H3. The van der Waals surface area contributed by atoms with Crippen LogP contribution in [0.5, 0.6) is 0 Å². The van der Waals surface area contributed by atoms with E-state index in [2.05, 4.69) is 29.0 Å². The molecule has 0 unspecified atom stereocenters. The monoisotopic (exact) mass is 427 g/mol. The largest absolute Gasteiger partial charge is 0.467 e. The molecular weight excluding hydrogens is 402 g/mol. The van der Waals surface area contributed by atoms with E-state index in [1.807, 2.05) is 21.6 Å². The van der Waals surface area contributed by atoms with Gasteiger partial charge in [-0.2, -0.15) is 0 Å². The first kappa shape index (κ1) is 20.5. The lowest BCUT2D eigenvalue weighted by atomic mass is 10.2. The van der Waals surface area contributed by atoms with E-state index in [0.717, 1.165) is 37.5 Å². The molecule has 0 bridgehead atoms. The van der Waals surface area contributed by atoms with Crippen LogP contribution in [0.25, 0.3) is 0 Å². The van der Waals surface area contributed by atoms with Crippen molar-refractivity contribution in [1.82, 2.24) is 24.6 Å². The van der Waals surface area contributed by atoms with Gasteiger partial charge >= 0.3 is 0 Å². The summed E-state index contributed by atoms with van der Waals surface area (Å²) in [6.07, 6.45) is 5.31. The number of amides is 1. The van der Waals surface area contributed by atoms with Crippen molar-refractivity contribution >= 4 is 23.5 Å². The highest BCUT2D eigenvalue weighted by Gasteiger charge is 2.22. The van der Waals surface area contributed by atoms with Gasteiger partial charge < -0.3 is 14.3 Å². The third-order valence-electron chi connectivity index (χ3n) is 5.12. The molecule has 8 nitrogen and oxygen atoms in total. The van der Waals surface area contributed by atoms with Gasteiger partial charge in [-0.15, -0.1) is 10.2 Å². The third kappa shape index (κ3) is 4.35. The van der Waals surface area contributed by atoms with Crippen LogP contribution in [0, 0.1) is 0 Å². The number of hydrogen-bond acceptors (Lipinski definition) is 6. The Hall–Kier alpha value is -2.81. The van der Waals surface area contributed by atoms with Gasteiger partial charge in [0.2, 0.25) is 0 Å². The number of nitrogens with zero attached hydrogens (tertiary/aromatic N) is 4. The summed E-state index contributed by atoms with van der Waals surface area (Å²) in [7, 11) is 0. The van der Waals surface area contributed by atoms with Gasteiger partial charge in [-0.1, -0.05) is 25.6 Å². The predicted molar refractivity (Wildman–Crippen MR) is 113 cm³/mol. The minimum atomic E-state index is -0.0598. The van der Waals surface area contributed by atoms with Crippen molar-refractivity contribution in [3.05, 3.63) is 53.5 Å². The Morgan fingerprint density at radius 2 is 2.07 bits per heavy atom. The van der Waals surface area contributed by atoms with E-state index in [-0.39, 0.29) is 23.4 Å². The summed E-state index contributed by atoms with van der Waals surface area (Å²) >= 11 is 1.34. The molecular formula is C21H25N5O3S. The molecule has 0 spiro atoms. The summed E-state index contributed by atoms with van der Waals surface area (Å²) in [4.78, 5) is 29.9. The summed E-state index contributed by atoms with van der Waals surface area (Å²) in [5.74, 6) is 1.96. The van der Waals surface area contributed by atoms with Gasteiger partial charge in [-0.3, -0.25) is 14.2 Å². The van der Waals surface area contributed by atoms with Crippen molar-refractivity contribution < 1.29 is 14.0 Å². The molecule has 9 heteroatoms. The number of Topliss-reactive ketones (excluding diaryl/α,β-unsaturated/α-hetero) is 1. The molecule has 1 aliphatic heterocycles. The maximum Gasteiger partial charge on any atom is 0.270 e. The van der Waals surface area contributed by atoms with Gasteiger partial charge in [0, 0.05) is 30.8 Å². The lowest BCUT2D eigenvalue weighted by Gasteiger charge is -2.13. The second-order valence-corrected chi connectivity index (χ2v) is 8.62. The van der Waals surface area contributed by atoms with Gasteiger partial charge in [0.1, 0.15) is 17.3 Å². The zero-order valence-corrected chi connectivity index (χ0v) is 17.9. The Morgan fingerprint density at radius 3 is 2.77 bits per heavy atom. The van der Waals surface area contributed by atoms with E-state index in [4.69, 9.17) is 4.42 Å². The van der Waals surface area contributed by atoms with Crippen LogP contribution in [0.15, 0.2) is 40.2 Å². The highest BCUT2D eigenvalue weighted by Crippen LogP contribution is 2.24. The van der Waals surface area contributed by atoms with Gasteiger partial charge in [-0.05, 0) is 31.0 Å². The number of carbonyl (C=O) groups excluding carboxylic acids is 2. The number of ketones is 1. The van der Waals surface area contributed by atoms with Crippen LogP contribution in [0.1, 0.15) is 65.0 Å². The van der Waals surface area contributed by atoms with Crippen molar-refractivity contribution in [2.24, 2.45) is 0 Å². The number of thioether (sulfide) groups is 1.